The van der Waals surface area contributed by atoms with Gasteiger partial charge in [-0.2, -0.15) is 0 Å². The van der Waals surface area contributed by atoms with Gasteiger partial charge in [0.2, 0.25) is 0 Å². The number of pyridine rings is 2. The molecule has 300 valence electrons. The van der Waals surface area contributed by atoms with Gasteiger partial charge < -0.3 is 9.47 Å². The number of aryl methyl sites for hydroxylation is 2. The Morgan fingerprint density at radius 3 is 1.68 bits per heavy atom. The maximum absolute atomic E-state index is 12.1. The number of esters is 2. The number of hydrogen-bond acceptors (Lipinski definition) is 6. The van der Waals surface area contributed by atoms with Crippen LogP contribution in [0.3, 0.4) is 0 Å². The molecule has 12 atom stereocenters. The second-order valence-corrected chi connectivity index (χ2v) is 20.8. The second-order valence-electron chi connectivity index (χ2n) is 20.8. The lowest BCUT2D eigenvalue weighted by Gasteiger charge is -2.58. The molecular formula is C50H66N2O4. The Labute approximate surface area is 336 Å². The molecule has 0 amide bonds. The van der Waals surface area contributed by atoms with Crippen molar-refractivity contribution in [3.8, 4) is 0 Å². The number of allylic oxidation sites excluding steroid dienone is 4. The number of hydrogen-bond donors (Lipinski definition) is 0. The van der Waals surface area contributed by atoms with E-state index < -0.39 is 0 Å². The van der Waals surface area contributed by atoms with Crippen molar-refractivity contribution in [2.75, 3.05) is 13.2 Å². The van der Waals surface area contributed by atoms with Gasteiger partial charge in [-0.1, -0.05) is 39.8 Å². The first kappa shape index (κ1) is 38.2. The van der Waals surface area contributed by atoms with E-state index in [0.717, 1.165) is 48.3 Å². The number of fused-ring (bicyclic) bond motifs is 10. The Morgan fingerprint density at radius 2 is 1.12 bits per heavy atom. The lowest BCUT2D eigenvalue weighted by atomic mass is 9.46. The number of ether oxygens (including phenoxy) is 2. The first-order valence-electron chi connectivity index (χ1n) is 22.4. The van der Waals surface area contributed by atoms with Crippen LogP contribution >= 0.6 is 0 Å². The van der Waals surface area contributed by atoms with Crippen molar-refractivity contribution in [1.29, 1.82) is 0 Å². The smallest absolute Gasteiger partial charge is 0.306 e. The summed E-state index contributed by atoms with van der Waals surface area (Å²) >= 11 is 0. The maximum Gasteiger partial charge on any atom is 0.306 e. The van der Waals surface area contributed by atoms with E-state index in [4.69, 9.17) is 9.47 Å². The average Bonchev–Trinajstić information content (AvgIpc) is 3.61. The highest BCUT2D eigenvalue weighted by Crippen LogP contribution is 2.68. The van der Waals surface area contributed by atoms with Gasteiger partial charge in [-0.25, -0.2) is 0 Å². The molecule has 2 aromatic heterocycles. The van der Waals surface area contributed by atoms with Gasteiger partial charge in [0.1, 0.15) is 0 Å². The van der Waals surface area contributed by atoms with Gasteiger partial charge >= 0.3 is 11.9 Å². The first-order chi connectivity index (χ1) is 26.8. The van der Waals surface area contributed by atoms with Crippen molar-refractivity contribution in [3.63, 3.8) is 0 Å². The van der Waals surface area contributed by atoms with E-state index in [0.29, 0.717) is 37.9 Å². The van der Waals surface area contributed by atoms with Crippen LogP contribution in [0.5, 0.6) is 0 Å². The number of aromatic nitrogens is 2. The average molecular weight is 759 g/mol. The van der Waals surface area contributed by atoms with Crippen LogP contribution in [0.25, 0.3) is 11.1 Å². The molecule has 2 aromatic rings. The number of carbonyl (C=O) groups excluding carboxylic acids is 2. The minimum atomic E-state index is 0.0181. The van der Waals surface area contributed by atoms with E-state index in [9.17, 15) is 9.59 Å². The molecule has 2 saturated heterocycles. The molecule has 6 aliphatic carbocycles. The number of rotatable bonds is 2. The van der Waals surface area contributed by atoms with E-state index in [1.165, 1.54) is 86.5 Å². The lowest BCUT2D eigenvalue weighted by molar-refractivity contribution is -0.145. The van der Waals surface area contributed by atoms with Crippen LogP contribution in [0.1, 0.15) is 140 Å². The zero-order chi connectivity index (χ0) is 39.0. The first-order valence-corrected chi connectivity index (χ1v) is 22.4. The van der Waals surface area contributed by atoms with Crippen molar-refractivity contribution in [2.45, 2.75) is 131 Å². The summed E-state index contributed by atoms with van der Waals surface area (Å²) in [5, 5.41) is 0. The van der Waals surface area contributed by atoms with Crippen LogP contribution in [0.4, 0.5) is 0 Å². The predicted octanol–water partition coefficient (Wildman–Crippen LogP) is 11.2. The molecule has 0 N–H and O–H groups in total. The van der Waals surface area contributed by atoms with E-state index in [1.807, 2.05) is 12.4 Å². The number of cyclic esters (lactones) is 2. The fraction of sp³-hybridized carbons (Fsp3) is 0.680. The molecule has 0 aromatic carbocycles. The highest BCUT2D eigenvalue weighted by Gasteiger charge is 2.60. The van der Waals surface area contributed by atoms with E-state index in [1.54, 1.807) is 11.1 Å². The Bertz CT molecular complexity index is 1840. The third-order valence-electron chi connectivity index (χ3n) is 18.3. The zero-order valence-corrected chi connectivity index (χ0v) is 35.1. The molecule has 0 bridgehead atoms. The second kappa shape index (κ2) is 14.2. The van der Waals surface area contributed by atoms with Crippen LogP contribution in [0, 0.1) is 82.9 Å². The van der Waals surface area contributed by atoms with Crippen molar-refractivity contribution in [2.24, 2.45) is 69.0 Å². The van der Waals surface area contributed by atoms with Gasteiger partial charge in [0, 0.05) is 37.6 Å². The van der Waals surface area contributed by atoms with Crippen molar-refractivity contribution < 1.29 is 19.1 Å². The number of carbonyl (C=O) groups is 2. The van der Waals surface area contributed by atoms with Crippen molar-refractivity contribution in [1.82, 2.24) is 9.97 Å². The Hall–Kier alpha value is -3.28. The Balaban J connectivity index is 0.000000146. The SMILES string of the molecule is Cc1cncc(C2=CCC3C4CCC5CC(=O)OCCC5(C)C4CCC23C)c1.Cc1cncc(C2=CCC3C4CCC5COC(=O)CCC5(C)C4CCC23C)c1. The van der Waals surface area contributed by atoms with Gasteiger partial charge in [-0.3, -0.25) is 19.6 Å². The quantitative estimate of drug-likeness (QED) is 0.284. The summed E-state index contributed by atoms with van der Waals surface area (Å²) in [6.45, 7) is 15.5. The molecule has 6 fully saturated rings. The molecule has 0 spiro atoms. The third-order valence-corrected chi connectivity index (χ3v) is 18.3. The number of nitrogens with zero attached hydrogens (tertiary/aromatic N) is 2. The highest BCUT2D eigenvalue weighted by atomic mass is 16.5. The highest BCUT2D eigenvalue weighted by molar-refractivity contribution is 5.74. The molecule has 10 rings (SSSR count). The molecule has 56 heavy (non-hydrogen) atoms. The molecular weight excluding hydrogens is 693 g/mol. The van der Waals surface area contributed by atoms with Crippen LogP contribution in [0.2, 0.25) is 0 Å². The zero-order valence-electron chi connectivity index (χ0n) is 35.1. The molecule has 6 nitrogen and oxygen atoms in total. The van der Waals surface area contributed by atoms with Crippen LogP contribution < -0.4 is 0 Å². The predicted molar refractivity (Wildman–Crippen MR) is 221 cm³/mol. The molecule has 4 saturated carbocycles. The summed E-state index contributed by atoms with van der Waals surface area (Å²) in [7, 11) is 0. The van der Waals surface area contributed by atoms with Gasteiger partial charge in [-0.05, 0) is 205 Å². The minimum absolute atomic E-state index is 0.0181. The van der Waals surface area contributed by atoms with E-state index >= 15 is 0 Å². The fourth-order valence-corrected chi connectivity index (χ4v) is 15.2. The van der Waals surface area contributed by atoms with Crippen molar-refractivity contribution >= 4 is 23.1 Å². The largest absolute Gasteiger partial charge is 0.466 e. The van der Waals surface area contributed by atoms with Crippen molar-refractivity contribution in [3.05, 3.63) is 71.3 Å². The summed E-state index contributed by atoms with van der Waals surface area (Å²) in [5.74, 6) is 5.62. The Morgan fingerprint density at radius 1 is 0.589 bits per heavy atom. The third kappa shape index (κ3) is 6.16. The topological polar surface area (TPSA) is 78.4 Å². The molecule has 2 aliphatic heterocycles. The van der Waals surface area contributed by atoms with E-state index in [-0.39, 0.29) is 33.6 Å². The maximum atomic E-state index is 12.1. The molecule has 6 heteroatoms. The normalized spacial score (nSPS) is 42.5. The summed E-state index contributed by atoms with van der Waals surface area (Å²) in [4.78, 5) is 33.0. The van der Waals surface area contributed by atoms with Gasteiger partial charge in [0.25, 0.3) is 0 Å². The molecule has 8 aliphatic rings. The monoisotopic (exact) mass is 759 g/mol. The summed E-state index contributed by atoms with van der Waals surface area (Å²) < 4.78 is 11.0. The van der Waals surface area contributed by atoms with Gasteiger partial charge in [0.15, 0.2) is 0 Å². The minimum Gasteiger partial charge on any atom is -0.466 e. The van der Waals surface area contributed by atoms with Crippen LogP contribution in [0.15, 0.2) is 49.1 Å². The standard InChI is InChI=1S/2C25H33NO2/c1-16-12-17(14-26-13-16)20-6-7-21-19-5-4-18-15-28-23(27)9-11-24(18,2)22(19)8-10-25(20,21)3;1-16-12-17(15-26-14-16)20-6-7-21-19-5-4-18-13-23(27)28-11-10-24(18,2)22(19)8-9-25(20,21)3/h6,12-14,18-19,21-22H,4-5,7-11,15H2,1-3H3;6,12,14-15,18-19,21-22H,4-5,7-11,13H2,1-3H3. The van der Waals surface area contributed by atoms with Crippen LogP contribution in [-0.2, 0) is 19.1 Å². The van der Waals surface area contributed by atoms with Crippen LogP contribution in [-0.4, -0.2) is 35.1 Å². The van der Waals surface area contributed by atoms with Gasteiger partial charge in [-0.15, -0.1) is 0 Å². The molecule has 4 heterocycles. The summed E-state index contributed by atoms with van der Waals surface area (Å²) in [6.07, 6.45) is 28.9. The Kier molecular flexibility index (Phi) is 9.71. The van der Waals surface area contributed by atoms with E-state index in [2.05, 4.69) is 88.2 Å². The summed E-state index contributed by atoms with van der Waals surface area (Å²) in [5.41, 5.74) is 9.32. The molecule has 0 radical (unpaired) electrons. The van der Waals surface area contributed by atoms with Gasteiger partial charge in [0.05, 0.1) is 13.2 Å². The fourth-order valence-electron chi connectivity index (χ4n) is 15.2. The molecule has 12 unspecified atom stereocenters. The lowest BCUT2D eigenvalue weighted by Crippen LogP contribution is -2.51. The summed E-state index contributed by atoms with van der Waals surface area (Å²) in [6, 6.07) is 4.62.